The molecular weight excluding hydrogens is 431 g/mol. The molecule has 2 aliphatic heterocycles. The number of hydrogen-bond donors (Lipinski definition) is 2. The molecule has 1 unspecified atom stereocenters. The molecule has 2 N–H and O–H groups in total. The Balaban J connectivity index is 1.79. The van der Waals surface area contributed by atoms with Crippen molar-refractivity contribution in [1.82, 2.24) is 20.2 Å². The summed E-state index contributed by atoms with van der Waals surface area (Å²) in [6, 6.07) is 3.65. The molecule has 4 rings (SSSR count). The van der Waals surface area contributed by atoms with Crippen LogP contribution in [0, 0.1) is 17.1 Å². The first-order valence-corrected chi connectivity index (χ1v) is 10.8. The van der Waals surface area contributed by atoms with Crippen molar-refractivity contribution in [2.24, 2.45) is 5.92 Å². The monoisotopic (exact) mass is 452 g/mol. The lowest BCUT2D eigenvalue weighted by atomic mass is 9.83. The molecule has 0 spiro atoms. The Morgan fingerprint density at radius 1 is 1.47 bits per heavy atom. The van der Waals surface area contributed by atoms with Crippen LogP contribution in [0.25, 0.3) is 0 Å². The van der Waals surface area contributed by atoms with Crippen molar-refractivity contribution in [3.63, 3.8) is 0 Å². The van der Waals surface area contributed by atoms with Crippen LogP contribution in [0.1, 0.15) is 23.9 Å². The van der Waals surface area contributed by atoms with E-state index in [1.165, 1.54) is 23.3 Å². The van der Waals surface area contributed by atoms with Crippen molar-refractivity contribution < 1.29 is 13.9 Å². The average Bonchev–Trinajstić information content (AvgIpc) is 3.33. The Hall–Kier alpha value is -2.46. The normalized spacial score (nSPS) is 23.6. The zero-order valence-corrected chi connectivity index (χ0v) is 18.4. The van der Waals surface area contributed by atoms with Crippen LogP contribution in [0.2, 0.25) is 4.34 Å². The number of aryl methyl sites for hydroxylation is 1. The van der Waals surface area contributed by atoms with Gasteiger partial charge in [-0.25, -0.2) is 4.98 Å². The van der Waals surface area contributed by atoms with E-state index < -0.39 is 17.3 Å². The van der Waals surface area contributed by atoms with Gasteiger partial charge in [0, 0.05) is 25.0 Å². The summed E-state index contributed by atoms with van der Waals surface area (Å²) in [5, 5.41) is 11.5. The number of aromatic nitrogens is 2. The van der Waals surface area contributed by atoms with E-state index in [-0.39, 0.29) is 23.4 Å². The van der Waals surface area contributed by atoms with Crippen LogP contribution in [0.3, 0.4) is 0 Å². The Kier molecular flexibility index (Phi) is 5.31. The van der Waals surface area contributed by atoms with Crippen LogP contribution in [0.15, 0.2) is 12.1 Å². The number of nitrogens with one attached hydrogen (secondary N) is 2. The second kappa shape index (κ2) is 7.66. The number of carbonyl (C=O) groups is 1. The molecule has 4 heterocycles. The minimum atomic E-state index is -0.839. The van der Waals surface area contributed by atoms with Crippen molar-refractivity contribution >= 4 is 40.8 Å². The second-order valence-electron chi connectivity index (χ2n) is 7.42. The van der Waals surface area contributed by atoms with Gasteiger partial charge < -0.3 is 15.0 Å². The Labute approximate surface area is 182 Å². The maximum absolute atomic E-state index is 14.5. The van der Waals surface area contributed by atoms with Crippen molar-refractivity contribution in [3.05, 3.63) is 32.9 Å². The second-order valence-corrected chi connectivity index (χ2v) is 9.14. The third-order valence-corrected chi connectivity index (χ3v) is 7.01. The topological polar surface area (TPSA) is 94.4 Å². The fourth-order valence-electron chi connectivity index (χ4n) is 4.06. The fraction of sp³-hybridized carbons (Fsp3) is 0.474. The van der Waals surface area contributed by atoms with E-state index in [1.807, 2.05) is 17.9 Å². The number of carbonyl (C=O) groups excluding carboxylic acids is 1. The van der Waals surface area contributed by atoms with Crippen LogP contribution in [0.5, 0.6) is 5.88 Å². The molecule has 0 bridgehead atoms. The molecule has 8 nitrogen and oxygen atoms in total. The highest BCUT2D eigenvalue weighted by molar-refractivity contribution is 7.16. The third-order valence-electron chi connectivity index (χ3n) is 5.60. The smallest absolute Gasteiger partial charge is 0.255 e. The number of nitrogens with zero attached hydrogens (tertiary/aromatic N) is 4. The molecular formula is C19H22ClFN6O2S. The number of anilines is 1. The summed E-state index contributed by atoms with van der Waals surface area (Å²) in [6.45, 7) is 2.59. The first kappa shape index (κ1) is 20.8. The molecule has 0 aliphatic carbocycles. The Bertz CT molecular complexity index is 1020. The summed E-state index contributed by atoms with van der Waals surface area (Å²) >= 11 is 7.55. The standard InChI is InChI=1S/C19H22ClFN6O2S/c1-4-5-11-14(21)15(29-3)24-18(23-11)27-8-10-16(28)26(2)17(22)25-19(10,9-27)12-6-7-13(20)30-12/h6-7,10H,4-5,8-9H2,1-3H3,(H2,22,25)/t10?,19-/m0/s1. The summed E-state index contributed by atoms with van der Waals surface area (Å²) in [5.41, 5.74) is -0.555. The number of thiophene rings is 1. The lowest BCUT2D eigenvalue weighted by Crippen LogP contribution is -2.64. The number of ether oxygens (including phenoxy) is 1. The summed E-state index contributed by atoms with van der Waals surface area (Å²) in [5.74, 6) is -1.01. The minimum Gasteiger partial charge on any atom is -0.479 e. The number of amides is 1. The Morgan fingerprint density at radius 2 is 2.23 bits per heavy atom. The molecule has 0 radical (unpaired) electrons. The molecule has 11 heteroatoms. The van der Waals surface area contributed by atoms with E-state index in [9.17, 15) is 9.18 Å². The summed E-state index contributed by atoms with van der Waals surface area (Å²) in [7, 11) is 2.94. The first-order chi connectivity index (χ1) is 14.3. The fourth-order valence-corrected chi connectivity index (χ4v) is 5.30. The number of hydrogen-bond acceptors (Lipinski definition) is 7. The lowest BCUT2D eigenvalue weighted by Gasteiger charge is -2.42. The summed E-state index contributed by atoms with van der Waals surface area (Å²) in [4.78, 5) is 25.8. The van der Waals surface area contributed by atoms with Gasteiger partial charge in [0.05, 0.1) is 23.1 Å². The molecule has 30 heavy (non-hydrogen) atoms. The van der Waals surface area contributed by atoms with Crippen LogP contribution in [-0.4, -0.2) is 54.0 Å². The van der Waals surface area contributed by atoms with E-state index in [0.717, 1.165) is 11.3 Å². The highest BCUT2D eigenvalue weighted by Gasteiger charge is 2.57. The molecule has 0 aromatic carbocycles. The molecule has 2 saturated heterocycles. The number of rotatable bonds is 5. The van der Waals surface area contributed by atoms with Gasteiger partial charge in [-0.05, 0) is 18.6 Å². The number of fused-ring (bicyclic) bond motifs is 1. The predicted molar refractivity (Wildman–Crippen MR) is 113 cm³/mol. The third kappa shape index (κ3) is 3.18. The minimum absolute atomic E-state index is 0.0203. The van der Waals surface area contributed by atoms with Gasteiger partial charge in [0.1, 0.15) is 5.54 Å². The van der Waals surface area contributed by atoms with Crippen molar-refractivity contribution in [2.75, 3.05) is 32.1 Å². The zero-order valence-electron chi connectivity index (χ0n) is 16.8. The van der Waals surface area contributed by atoms with E-state index in [4.69, 9.17) is 21.7 Å². The number of guanidine groups is 1. The van der Waals surface area contributed by atoms with Crippen LogP contribution < -0.4 is 15.0 Å². The van der Waals surface area contributed by atoms with Gasteiger partial charge >= 0.3 is 0 Å². The average molecular weight is 453 g/mol. The molecule has 2 aromatic heterocycles. The molecule has 2 aliphatic rings. The van der Waals surface area contributed by atoms with E-state index in [1.54, 1.807) is 13.1 Å². The molecule has 2 fully saturated rings. The van der Waals surface area contributed by atoms with E-state index in [0.29, 0.717) is 29.8 Å². The van der Waals surface area contributed by atoms with E-state index in [2.05, 4.69) is 15.3 Å². The van der Waals surface area contributed by atoms with Gasteiger partial charge in [-0.15, -0.1) is 11.3 Å². The van der Waals surface area contributed by atoms with Gasteiger partial charge in [0.15, 0.2) is 5.96 Å². The largest absolute Gasteiger partial charge is 0.479 e. The van der Waals surface area contributed by atoms with Gasteiger partial charge in [0.25, 0.3) is 5.88 Å². The van der Waals surface area contributed by atoms with Gasteiger partial charge in [-0.1, -0.05) is 24.9 Å². The summed E-state index contributed by atoms with van der Waals surface area (Å²) < 4.78 is 20.3. The lowest BCUT2D eigenvalue weighted by molar-refractivity contribution is -0.133. The molecule has 2 aromatic rings. The SMILES string of the molecule is CCCc1nc(N2CC3C(=O)N(C)C(=N)N[C@@]3(c3ccc(Cl)s3)C2)nc(OC)c1F. The van der Waals surface area contributed by atoms with Gasteiger partial charge in [-0.2, -0.15) is 9.37 Å². The predicted octanol–water partition coefficient (Wildman–Crippen LogP) is 2.62. The van der Waals surface area contributed by atoms with Crippen LogP contribution in [-0.2, 0) is 16.8 Å². The van der Waals surface area contributed by atoms with Crippen molar-refractivity contribution in [1.29, 1.82) is 5.41 Å². The number of halogens is 2. The number of methoxy groups -OCH3 is 1. The van der Waals surface area contributed by atoms with Crippen LogP contribution in [0.4, 0.5) is 10.3 Å². The Morgan fingerprint density at radius 3 is 2.87 bits per heavy atom. The molecule has 2 atom stereocenters. The maximum atomic E-state index is 14.5. The maximum Gasteiger partial charge on any atom is 0.255 e. The van der Waals surface area contributed by atoms with Gasteiger partial charge in [-0.3, -0.25) is 15.1 Å². The highest BCUT2D eigenvalue weighted by atomic mass is 35.5. The molecule has 0 saturated carbocycles. The van der Waals surface area contributed by atoms with E-state index >= 15 is 0 Å². The van der Waals surface area contributed by atoms with Crippen LogP contribution >= 0.6 is 22.9 Å². The van der Waals surface area contributed by atoms with Crippen molar-refractivity contribution in [3.8, 4) is 5.88 Å². The van der Waals surface area contributed by atoms with Gasteiger partial charge in [0.2, 0.25) is 17.7 Å². The van der Waals surface area contributed by atoms with Crippen molar-refractivity contribution in [2.45, 2.75) is 25.3 Å². The quantitative estimate of drug-likeness (QED) is 0.724. The first-order valence-electron chi connectivity index (χ1n) is 9.56. The zero-order chi connectivity index (χ0) is 21.6. The molecule has 1 amide bonds. The molecule has 160 valence electrons. The summed E-state index contributed by atoms with van der Waals surface area (Å²) in [6.07, 6.45) is 1.17. The highest BCUT2D eigenvalue weighted by Crippen LogP contribution is 2.45.